The molecule has 0 radical (unpaired) electrons. The number of carbonyl (C=O) groups excluding carboxylic acids is 1. The lowest BCUT2D eigenvalue weighted by molar-refractivity contribution is 0.0977. The SMILES string of the molecule is CCOc1ccc(C(=O)NC(=S)Nc2ccccc2N2CCN(S(C)(=O)=O)CC2)cc1. The molecule has 1 aliphatic heterocycles. The molecule has 166 valence electrons. The summed E-state index contributed by atoms with van der Waals surface area (Å²) in [6.07, 6.45) is 1.23. The number of benzene rings is 2. The molecule has 0 unspecified atom stereocenters. The number of sulfonamides is 1. The third-order valence-corrected chi connectivity index (χ3v) is 6.36. The van der Waals surface area contributed by atoms with Crippen LogP contribution >= 0.6 is 12.2 Å². The number of piperazine rings is 1. The van der Waals surface area contributed by atoms with E-state index >= 15 is 0 Å². The van der Waals surface area contributed by atoms with E-state index in [0.29, 0.717) is 44.1 Å². The summed E-state index contributed by atoms with van der Waals surface area (Å²) in [6.45, 7) is 4.43. The first-order valence-corrected chi connectivity index (χ1v) is 12.2. The van der Waals surface area contributed by atoms with E-state index in [1.165, 1.54) is 10.6 Å². The van der Waals surface area contributed by atoms with Gasteiger partial charge < -0.3 is 15.0 Å². The van der Waals surface area contributed by atoms with Crippen LogP contribution in [0.3, 0.4) is 0 Å². The van der Waals surface area contributed by atoms with Crippen LogP contribution in [0.15, 0.2) is 48.5 Å². The van der Waals surface area contributed by atoms with Gasteiger partial charge in [0.1, 0.15) is 5.75 Å². The third kappa shape index (κ3) is 6.16. The first-order valence-electron chi connectivity index (χ1n) is 9.92. The quantitative estimate of drug-likeness (QED) is 0.637. The molecular formula is C21H26N4O4S2. The summed E-state index contributed by atoms with van der Waals surface area (Å²) in [7, 11) is -3.19. The van der Waals surface area contributed by atoms with Gasteiger partial charge in [0.2, 0.25) is 10.0 Å². The average Bonchev–Trinajstić information content (AvgIpc) is 2.74. The topological polar surface area (TPSA) is 91.0 Å². The van der Waals surface area contributed by atoms with E-state index in [-0.39, 0.29) is 11.0 Å². The largest absolute Gasteiger partial charge is 0.494 e. The summed E-state index contributed by atoms with van der Waals surface area (Å²) in [4.78, 5) is 14.6. The molecule has 0 bridgehead atoms. The minimum atomic E-state index is -3.19. The highest BCUT2D eigenvalue weighted by Gasteiger charge is 2.24. The van der Waals surface area contributed by atoms with Crippen molar-refractivity contribution in [2.24, 2.45) is 0 Å². The van der Waals surface area contributed by atoms with E-state index in [0.717, 1.165) is 11.4 Å². The third-order valence-electron chi connectivity index (χ3n) is 4.86. The number of nitrogens with one attached hydrogen (secondary N) is 2. The molecule has 3 rings (SSSR count). The second-order valence-electron chi connectivity index (χ2n) is 7.03. The van der Waals surface area contributed by atoms with Gasteiger partial charge in [0.15, 0.2) is 5.11 Å². The van der Waals surface area contributed by atoms with Gasteiger partial charge in [-0.3, -0.25) is 10.1 Å². The first-order chi connectivity index (χ1) is 14.8. The minimum absolute atomic E-state index is 0.182. The summed E-state index contributed by atoms with van der Waals surface area (Å²) in [5.74, 6) is 0.379. The maximum Gasteiger partial charge on any atom is 0.257 e. The Morgan fingerprint density at radius 1 is 1.06 bits per heavy atom. The Kier molecular flexibility index (Phi) is 7.47. The Morgan fingerprint density at radius 2 is 1.71 bits per heavy atom. The van der Waals surface area contributed by atoms with Gasteiger partial charge in [-0.25, -0.2) is 8.42 Å². The summed E-state index contributed by atoms with van der Waals surface area (Å²) in [5, 5.41) is 5.95. The lowest BCUT2D eigenvalue weighted by Crippen LogP contribution is -2.48. The van der Waals surface area contributed by atoms with Crippen molar-refractivity contribution in [1.29, 1.82) is 0 Å². The zero-order chi connectivity index (χ0) is 22.4. The van der Waals surface area contributed by atoms with Crippen molar-refractivity contribution in [3.8, 4) is 5.75 Å². The molecule has 0 saturated carbocycles. The summed E-state index contributed by atoms with van der Waals surface area (Å²) in [5.41, 5.74) is 2.11. The predicted molar refractivity (Wildman–Crippen MR) is 126 cm³/mol. The molecule has 1 fully saturated rings. The lowest BCUT2D eigenvalue weighted by Gasteiger charge is -2.35. The standard InChI is InChI=1S/C21H26N4O4S2/c1-3-29-17-10-8-16(9-11-17)20(26)23-21(30)22-18-6-4-5-7-19(18)24-12-14-25(15-13-24)31(2,27)28/h4-11H,3,12-15H2,1-2H3,(H2,22,23,26,30). The second kappa shape index (κ2) is 10.1. The Hall–Kier alpha value is -2.69. The maximum atomic E-state index is 12.5. The minimum Gasteiger partial charge on any atom is -0.494 e. The van der Waals surface area contributed by atoms with Crippen molar-refractivity contribution in [1.82, 2.24) is 9.62 Å². The van der Waals surface area contributed by atoms with Crippen molar-refractivity contribution >= 4 is 44.6 Å². The van der Waals surface area contributed by atoms with Crippen LogP contribution < -0.4 is 20.3 Å². The summed E-state index contributed by atoms with van der Waals surface area (Å²) >= 11 is 5.33. The second-order valence-corrected chi connectivity index (χ2v) is 9.42. The van der Waals surface area contributed by atoms with E-state index in [1.807, 2.05) is 31.2 Å². The van der Waals surface area contributed by atoms with E-state index in [1.54, 1.807) is 24.3 Å². The van der Waals surface area contributed by atoms with Crippen LogP contribution in [0.1, 0.15) is 17.3 Å². The fourth-order valence-corrected chi connectivity index (χ4v) is 4.34. The number of carbonyl (C=O) groups is 1. The van der Waals surface area contributed by atoms with E-state index in [4.69, 9.17) is 17.0 Å². The molecule has 0 aliphatic carbocycles. The van der Waals surface area contributed by atoms with Gasteiger partial charge in [-0.15, -0.1) is 0 Å². The molecule has 1 heterocycles. The van der Waals surface area contributed by atoms with Crippen molar-refractivity contribution in [2.45, 2.75) is 6.92 Å². The van der Waals surface area contributed by atoms with Crippen molar-refractivity contribution in [3.05, 3.63) is 54.1 Å². The number of anilines is 2. The smallest absolute Gasteiger partial charge is 0.257 e. The fraction of sp³-hybridized carbons (Fsp3) is 0.333. The summed E-state index contributed by atoms with van der Waals surface area (Å²) < 4.78 is 30.3. The molecule has 2 N–H and O–H groups in total. The number of thiocarbonyl (C=S) groups is 1. The number of ether oxygens (including phenoxy) is 1. The van der Waals surface area contributed by atoms with Crippen LogP contribution in [-0.2, 0) is 10.0 Å². The number of hydrogen-bond donors (Lipinski definition) is 2. The van der Waals surface area contributed by atoms with Crippen LogP contribution in [0.2, 0.25) is 0 Å². The summed E-state index contributed by atoms with van der Waals surface area (Å²) in [6, 6.07) is 14.4. The molecular weight excluding hydrogens is 436 g/mol. The molecule has 1 saturated heterocycles. The lowest BCUT2D eigenvalue weighted by atomic mass is 10.2. The molecule has 8 nitrogen and oxygen atoms in total. The van der Waals surface area contributed by atoms with Gasteiger partial charge in [0, 0.05) is 31.7 Å². The Morgan fingerprint density at radius 3 is 2.32 bits per heavy atom. The van der Waals surface area contributed by atoms with Gasteiger partial charge in [-0.05, 0) is 55.5 Å². The maximum absolute atomic E-state index is 12.5. The van der Waals surface area contributed by atoms with Crippen LogP contribution in [0.25, 0.3) is 0 Å². The molecule has 2 aromatic carbocycles. The van der Waals surface area contributed by atoms with Gasteiger partial charge in [0.05, 0.1) is 24.2 Å². The number of para-hydroxylation sites is 2. The van der Waals surface area contributed by atoms with Crippen molar-refractivity contribution < 1.29 is 17.9 Å². The zero-order valence-corrected chi connectivity index (χ0v) is 19.1. The fourth-order valence-electron chi connectivity index (χ4n) is 3.31. The molecule has 10 heteroatoms. The van der Waals surface area contributed by atoms with E-state index in [2.05, 4.69) is 15.5 Å². The normalized spacial score (nSPS) is 14.7. The molecule has 2 aromatic rings. The molecule has 0 atom stereocenters. The number of amides is 1. The Labute approximate surface area is 188 Å². The predicted octanol–water partition coefficient (Wildman–Crippen LogP) is 2.29. The van der Waals surface area contributed by atoms with Crippen molar-refractivity contribution in [2.75, 3.05) is 49.3 Å². The molecule has 1 aliphatic rings. The molecule has 0 spiro atoms. The average molecular weight is 463 g/mol. The number of hydrogen-bond acceptors (Lipinski definition) is 6. The highest BCUT2D eigenvalue weighted by molar-refractivity contribution is 7.88. The van der Waals surface area contributed by atoms with Gasteiger partial charge in [-0.2, -0.15) is 4.31 Å². The molecule has 0 aromatic heterocycles. The van der Waals surface area contributed by atoms with Crippen LogP contribution in [0, 0.1) is 0 Å². The monoisotopic (exact) mass is 462 g/mol. The van der Waals surface area contributed by atoms with Gasteiger partial charge >= 0.3 is 0 Å². The van der Waals surface area contributed by atoms with Crippen LogP contribution in [0.4, 0.5) is 11.4 Å². The Balaban J connectivity index is 1.62. The van der Waals surface area contributed by atoms with Gasteiger partial charge in [-0.1, -0.05) is 12.1 Å². The highest BCUT2D eigenvalue weighted by Crippen LogP contribution is 2.27. The molecule has 31 heavy (non-hydrogen) atoms. The van der Waals surface area contributed by atoms with Crippen LogP contribution in [-0.4, -0.2) is 62.8 Å². The zero-order valence-electron chi connectivity index (χ0n) is 17.5. The molecule has 1 amide bonds. The number of nitrogens with zero attached hydrogens (tertiary/aromatic N) is 2. The number of rotatable bonds is 6. The van der Waals surface area contributed by atoms with Crippen molar-refractivity contribution in [3.63, 3.8) is 0 Å². The van der Waals surface area contributed by atoms with Gasteiger partial charge in [0.25, 0.3) is 5.91 Å². The first kappa shape index (κ1) is 23.0. The highest BCUT2D eigenvalue weighted by atomic mass is 32.2. The van der Waals surface area contributed by atoms with Crippen LogP contribution in [0.5, 0.6) is 5.75 Å². The van der Waals surface area contributed by atoms with E-state index < -0.39 is 10.0 Å². The Bertz CT molecular complexity index is 1030. The van der Waals surface area contributed by atoms with E-state index in [9.17, 15) is 13.2 Å².